The zero-order chi connectivity index (χ0) is 31.6. The van der Waals surface area contributed by atoms with Gasteiger partial charge >= 0.3 is 7.25 Å². The molecule has 0 bridgehead atoms. The Morgan fingerprint density at radius 3 is 1.38 bits per heavy atom. The van der Waals surface area contributed by atoms with Crippen LogP contribution in [0.25, 0.3) is 33.6 Å². The summed E-state index contributed by atoms with van der Waals surface area (Å²) in [6.45, 7) is 0. The lowest BCUT2D eigenvalue weighted by atomic mass is 9.99. The van der Waals surface area contributed by atoms with Gasteiger partial charge in [-0.25, -0.2) is 4.99 Å². The maximum absolute atomic E-state index is 9.75. The number of halogens is 5. The molecule has 0 fully saturated rings. The standard InChI is InChI=1S/C36H27BrN3.BF4/c37-32-21-23-33(24-22-32)38-36(30-19-11-4-12-20-30)39-40-34(28-15-7-2-8-16-28)25-31(27-13-5-1-6-14-27)26-35(40)29-17-9-3-10-18-29;2-1(3,4)5/h1-26H,(H,38,39);/q+1;-1. The number of aliphatic imine (C=N–C) groups is 1. The van der Waals surface area contributed by atoms with E-state index in [4.69, 9.17) is 4.99 Å². The number of nitrogens with one attached hydrogen (secondary N) is 1. The summed E-state index contributed by atoms with van der Waals surface area (Å²) in [7, 11) is -6.00. The molecule has 0 radical (unpaired) electrons. The average Bonchev–Trinajstić information content (AvgIpc) is 3.06. The van der Waals surface area contributed by atoms with Gasteiger partial charge in [-0.2, -0.15) is 0 Å². The minimum atomic E-state index is -6.00. The second kappa shape index (κ2) is 14.6. The number of nitrogens with zero attached hydrogens (tertiary/aromatic N) is 2. The molecule has 0 spiro atoms. The molecule has 6 rings (SSSR count). The predicted octanol–water partition coefficient (Wildman–Crippen LogP) is 10.4. The summed E-state index contributed by atoms with van der Waals surface area (Å²) in [5.74, 6) is 0.745. The molecule has 1 aromatic heterocycles. The van der Waals surface area contributed by atoms with Gasteiger partial charge in [-0.05, 0) is 59.7 Å². The van der Waals surface area contributed by atoms with Gasteiger partial charge in [-0.1, -0.05) is 118 Å². The van der Waals surface area contributed by atoms with Crippen molar-refractivity contribution in [2.75, 3.05) is 5.43 Å². The molecule has 1 N–H and O–H groups in total. The lowest BCUT2D eigenvalue weighted by molar-refractivity contribution is -0.617. The first-order valence-electron chi connectivity index (χ1n) is 14.0. The lowest BCUT2D eigenvalue weighted by Crippen LogP contribution is -2.52. The molecule has 0 atom stereocenters. The molecule has 0 aliphatic heterocycles. The monoisotopic (exact) mass is 667 g/mol. The van der Waals surface area contributed by atoms with Crippen molar-refractivity contribution in [3.8, 4) is 33.6 Å². The van der Waals surface area contributed by atoms with Gasteiger partial charge in [-0.3, -0.25) is 0 Å². The number of rotatable bonds is 6. The molecule has 0 aliphatic carbocycles. The van der Waals surface area contributed by atoms with Crippen LogP contribution >= 0.6 is 15.9 Å². The zero-order valence-corrected chi connectivity index (χ0v) is 25.5. The predicted molar refractivity (Wildman–Crippen MR) is 179 cm³/mol. The van der Waals surface area contributed by atoms with E-state index in [-0.39, 0.29) is 0 Å². The van der Waals surface area contributed by atoms with Gasteiger partial charge in [0.25, 0.3) is 0 Å². The van der Waals surface area contributed by atoms with Crippen LogP contribution in [0.5, 0.6) is 0 Å². The van der Waals surface area contributed by atoms with Crippen LogP contribution in [0.4, 0.5) is 23.0 Å². The molecule has 3 nitrogen and oxygen atoms in total. The molecule has 45 heavy (non-hydrogen) atoms. The average molecular weight is 668 g/mol. The molecule has 0 amide bonds. The Kier molecular flexibility index (Phi) is 10.2. The third-order valence-corrected chi connectivity index (χ3v) is 7.17. The van der Waals surface area contributed by atoms with Crippen LogP contribution in [0.15, 0.2) is 167 Å². The summed E-state index contributed by atoms with van der Waals surface area (Å²) in [6, 6.07) is 54.2. The highest BCUT2D eigenvalue weighted by atomic mass is 79.9. The molecule has 224 valence electrons. The maximum atomic E-state index is 9.75. The Morgan fingerprint density at radius 2 is 0.933 bits per heavy atom. The maximum Gasteiger partial charge on any atom is 0.673 e. The molecule has 1 heterocycles. The van der Waals surface area contributed by atoms with E-state index in [0.717, 1.165) is 55.2 Å². The highest BCUT2D eigenvalue weighted by molar-refractivity contribution is 9.10. The first kappa shape index (κ1) is 31.4. The molecule has 0 unspecified atom stereocenters. The van der Waals surface area contributed by atoms with Crippen LogP contribution < -0.4 is 10.1 Å². The summed E-state index contributed by atoms with van der Waals surface area (Å²) in [5, 5.41) is 0. The van der Waals surface area contributed by atoms with E-state index >= 15 is 0 Å². The largest absolute Gasteiger partial charge is 0.673 e. The van der Waals surface area contributed by atoms with Crippen LogP contribution in [0.3, 0.4) is 0 Å². The van der Waals surface area contributed by atoms with E-state index in [1.54, 1.807) is 0 Å². The van der Waals surface area contributed by atoms with Crippen LogP contribution in [0.1, 0.15) is 5.56 Å². The van der Waals surface area contributed by atoms with Crippen molar-refractivity contribution in [1.82, 2.24) is 0 Å². The summed E-state index contributed by atoms with van der Waals surface area (Å²) in [6.07, 6.45) is 0. The summed E-state index contributed by atoms with van der Waals surface area (Å²) < 4.78 is 42.2. The first-order valence-corrected chi connectivity index (χ1v) is 14.8. The number of benzene rings is 5. The topological polar surface area (TPSA) is 28.3 Å². The fourth-order valence-electron chi connectivity index (χ4n) is 4.66. The van der Waals surface area contributed by atoms with E-state index in [9.17, 15) is 17.3 Å². The lowest BCUT2D eigenvalue weighted by Gasteiger charge is -2.14. The third-order valence-electron chi connectivity index (χ3n) is 6.64. The molecule has 0 saturated heterocycles. The smallest absolute Gasteiger partial charge is 0.418 e. The molecule has 9 heteroatoms. The van der Waals surface area contributed by atoms with Crippen molar-refractivity contribution in [1.29, 1.82) is 0 Å². The minimum Gasteiger partial charge on any atom is -0.418 e. The van der Waals surface area contributed by atoms with Crippen molar-refractivity contribution in [2.45, 2.75) is 0 Å². The van der Waals surface area contributed by atoms with E-state index in [2.05, 4.69) is 129 Å². The SMILES string of the molecule is Brc1ccc(N=C(N[n+]2c(-c3ccccc3)cc(-c3ccccc3)cc2-c2ccccc2)c2ccccc2)cc1.F[B-](F)(F)F. The van der Waals surface area contributed by atoms with Crippen LogP contribution in [-0.2, 0) is 0 Å². The molecular weight excluding hydrogens is 641 g/mol. The Hall–Kier alpha value is -5.02. The van der Waals surface area contributed by atoms with Gasteiger partial charge in [0.2, 0.25) is 11.4 Å². The van der Waals surface area contributed by atoms with E-state index in [1.807, 2.05) is 54.6 Å². The van der Waals surface area contributed by atoms with Gasteiger partial charge in [0.05, 0.1) is 5.69 Å². The van der Waals surface area contributed by atoms with Crippen LogP contribution in [0, 0.1) is 0 Å². The normalized spacial score (nSPS) is 11.4. The van der Waals surface area contributed by atoms with Gasteiger partial charge in [0.1, 0.15) is 0 Å². The van der Waals surface area contributed by atoms with Crippen molar-refractivity contribution >= 4 is 34.7 Å². The van der Waals surface area contributed by atoms with E-state index in [1.165, 1.54) is 0 Å². The van der Waals surface area contributed by atoms with Gasteiger partial charge < -0.3 is 17.3 Å². The molecule has 0 saturated carbocycles. The van der Waals surface area contributed by atoms with Crippen molar-refractivity contribution in [3.63, 3.8) is 0 Å². The molecule has 0 aliphatic rings. The van der Waals surface area contributed by atoms with Crippen molar-refractivity contribution in [2.24, 2.45) is 4.99 Å². The number of pyridine rings is 1. The molecule has 5 aromatic carbocycles. The van der Waals surface area contributed by atoms with E-state index in [0.29, 0.717) is 0 Å². The molecular formula is C36H27BBrF4N3. The van der Waals surface area contributed by atoms with Gasteiger partial charge in [0, 0.05) is 33.3 Å². The van der Waals surface area contributed by atoms with E-state index < -0.39 is 7.25 Å². The highest BCUT2D eigenvalue weighted by Gasteiger charge is 2.25. The summed E-state index contributed by atoms with van der Waals surface area (Å²) >= 11 is 3.54. The molecule has 6 aromatic rings. The Bertz CT molecular complexity index is 1790. The second-order valence-corrected chi connectivity index (χ2v) is 10.8. The Morgan fingerprint density at radius 1 is 0.533 bits per heavy atom. The van der Waals surface area contributed by atoms with Crippen molar-refractivity contribution < 1.29 is 21.9 Å². The number of aromatic nitrogens is 1. The zero-order valence-electron chi connectivity index (χ0n) is 23.9. The number of hydrogen-bond donors (Lipinski definition) is 1. The number of hydrogen-bond acceptors (Lipinski definition) is 1. The Balaban J connectivity index is 0.000000743. The van der Waals surface area contributed by atoms with Gasteiger partial charge in [-0.15, -0.1) is 5.43 Å². The fraction of sp³-hybridized carbons (Fsp3) is 0. The highest BCUT2D eigenvalue weighted by Crippen LogP contribution is 2.29. The Labute approximate surface area is 267 Å². The van der Waals surface area contributed by atoms with Crippen LogP contribution in [0.2, 0.25) is 0 Å². The summed E-state index contributed by atoms with van der Waals surface area (Å²) in [5.41, 5.74) is 12.1. The first-order chi connectivity index (χ1) is 21.7. The van der Waals surface area contributed by atoms with Gasteiger partial charge in [0.15, 0.2) is 5.84 Å². The second-order valence-electron chi connectivity index (χ2n) is 9.86. The fourth-order valence-corrected chi connectivity index (χ4v) is 4.92. The third kappa shape index (κ3) is 9.00. The number of amidine groups is 1. The minimum absolute atomic E-state index is 0.745. The summed E-state index contributed by atoms with van der Waals surface area (Å²) in [4.78, 5) is 5.08. The van der Waals surface area contributed by atoms with Crippen molar-refractivity contribution in [3.05, 3.63) is 168 Å². The van der Waals surface area contributed by atoms with Crippen LogP contribution in [-0.4, -0.2) is 13.1 Å². The quantitative estimate of drug-likeness (QED) is 0.0618.